The van der Waals surface area contributed by atoms with Crippen molar-refractivity contribution in [2.45, 2.75) is 19.6 Å². The molecule has 2 aromatic carbocycles. The van der Waals surface area contributed by atoms with Crippen LogP contribution in [-0.4, -0.2) is 34.6 Å². The zero-order valence-electron chi connectivity index (χ0n) is 15.7. The first-order valence-electron chi connectivity index (χ1n) is 9.10. The summed E-state index contributed by atoms with van der Waals surface area (Å²) in [6.45, 7) is 2.51. The number of carbonyl (C=O) groups excluding carboxylic acids is 1. The first kappa shape index (κ1) is 19.0. The molecule has 7 nitrogen and oxygen atoms in total. The number of carbonyl (C=O) groups is 1. The fourth-order valence-corrected chi connectivity index (χ4v) is 3.24. The number of ether oxygens (including phenoxy) is 2. The van der Waals surface area contributed by atoms with Crippen molar-refractivity contribution in [2.75, 3.05) is 6.61 Å². The Labute approximate surface area is 172 Å². The number of nitrogens with zero attached hydrogens (tertiary/aromatic N) is 3. The van der Waals surface area contributed by atoms with Gasteiger partial charge in [0.1, 0.15) is 11.8 Å². The Bertz CT molecular complexity index is 1050. The van der Waals surface area contributed by atoms with Gasteiger partial charge >= 0.3 is 0 Å². The number of hydrogen-bond acceptors (Lipinski definition) is 5. The summed E-state index contributed by atoms with van der Waals surface area (Å²) in [7, 11) is 0. The van der Waals surface area contributed by atoms with Crippen LogP contribution in [0, 0.1) is 6.92 Å². The van der Waals surface area contributed by atoms with Crippen LogP contribution in [0.25, 0.3) is 0 Å². The van der Waals surface area contributed by atoms with Gasteiger partial charge < -0.3 is 9.47 Å². The third-order valence-corrected chi connectivity index (χ3v) is 4.85. The van der Waals surface area contributed by atoms with Crippen molar-refractivity contribution in [3.63, 3.8) is 0 Å². The summed E-state index contributed by atoms with van der Waals surface area (Å²) in [5.74, 6) is 0.749. The molecule has 1 aromatic heterocycles. The molecule has 0 aliphatic carbocycles. The Morgan fingerprint density at radius 3 is 2.76 bits per heavy atom. The second-order valence-corrected chi connectivity index (χ2v) is 6.89. The fraction of sp³-hybridized carbons (Fsp3) is 0.190. The Morgan fingerprint density at radius 1 is 1.24 bits per heavy atom. The number of para-hydroxylation sites is 2. The number of halogens is 1. The van der Waals surface area contributed by atoms with Gasteiger partial charge in [0.05, 0.1) is 24.0 Å². The van der Waals surface area contributed by atoms with E-state index in [4.69, 9.17) is 21.1 Å². The maximum atomic E-state index is 12.3. The van der Waals surface area contributed by atoms with Crippen molar-refractivity contribution < 1.29 is 14.3 Å². The molecule has 1 amide bonds. The van der Waals surface area contributed by atoms with Crippen LogP contribution in [0.15, 0.2) is 59.7 Å². The van der Waals surface area contributed by atoms with Gasteiger partial charge in [-0.1, -0.05) is 54.1 Å². The first-order chi connectivity index (χ1) is 14.1. The van der Waals surface area contributed by atoms with Crippen LogP contribution in [0.2, 0.25) is 5.15 Å². The lowest BCUT2D eigenvalue weighted by molar-refractivity contribution is -0.130. The van der Waals surface area contributed by atoms with Crippen LogP contribution in [0.3, 0.4) is 0 Å². The minimum absolute atomic E-state index is 0.118. The highest BCUT2D eigenvalue weighted by atomic mass is 35.5. The fourth-order valence-electron chi connectivity index (χ4n) is 2.96. The number of benzene rings is 2. The van der Waals surface area contributed by atoms with Gasteiger partial charge in [-0.25, -0.2) is 10.1 Å². The monoisotopic (exact) mass is 410 g/mol. The normalized spacial score (nSPS) is 15.4. The molecule has 4 rings (SSSR count). The Morgan fingerprint density at radius 2 is 1.97 bits per heavy atom. The maximum Gasteiger partial charge on any atom is 0.284 e. The Kier molecular flexibility index (Phi) is 5.48. The van der Waals surface area contributed by atoms with Gasteiger partial charge in [0.25, 0.3) is 5.91 Å². The van der Waals surface area contributed by atoms with E-state index in [0.29, 0.717) is 28.8 Å². The number of aryl methyl sites for hydroxylation is 1. The minimum Gasteiger partial charge on any atom is -0.485 e. The van der Waals surface area contributed by atoms with Crippen LogP contribution < -0.4 is 14.9 Å². The van der Waals surface area contributed by atoms with E-state index in [1.54, 1.807) is 16.8 Å². The van der Waals surface area contributed by atoms with Crippen molar-refractivity contribution in [1.82, 2.24) is 15.2 Å². The molecule has 148 valence electrons. The summed E-state index contributed by atoms with van der Waals surface area (Å²) in [5, 5.41) is 8.93. The van der Waals surface area contributed by atoms with E-state index in [1.165, 1.54) is 6.21 Å². The molecule has 1 unspecified atom stereocenters. The summed E-state index contributed by atoms with van der Waals surface area (Å²) in [5.41, 5.74) is 4.93. The van der Waals surface area contributed by atoms with Crippen LogP contribution in [0.1, 0.15) is 16.8 Å². The van der Waals surface area contributed by atoms with E-state index in [0.717, 1.165) is 11.3 Å². The van der Waals surface area contributed by atoms with Crippen molar-refractivity contribution in [3.8, 4) is 11.5 Å². The van der Waals surface area contributed by atoms with E-state index in [2.05, 4.69) is 15.6 Å². The molecule has 0 fully saturated rings. The van der Waals surface area contributed by atoms with Gasteiger partial charge in [-0.15, -0.1) is 0 Å². The average molecular weight is 411 g/mol. The average Bonchev–Trinajstić information content (AvgIpc) is 3.01. The summed E-state index contributed by atoms with van der Waals surface area (Å²) in [6.07, 6.45) is 0.709. The highest BCUT2D eigenvalue weighted by Gasteiger charge is 2.27. The third-order valence-electron chi connectivity index (χ3n) is 4.45. The number of amides is 1. The molecule has 1 atom stereocenters. The summed E-state index contributed by atoms with van der Waals surface area (Å²) in [4.78, 5) is 12.3. The molecule has 0 saturated carbocycles. The second kappa shape index (κ2) is 8.36. The predicted molar refractivity (Wildman–Crippen MR) is 110 cm³/mol. The lowest BCUT2D eigenvalue weighted by Crippen LogP contribution is -2.42. The molecular formula is C21H19ClN4O3. The lowest BCUT2D eigenvalue weighted by atomic mass is 10.2. The molecule has 29 heavy (non-hydrogen) atoms. The Balaban J connectivity index is 1.40. The Hall–Kier alpha value is -3.32. The quantitative estimate of drug-likeness (QED) is 0.517. The maximum absolute atomic E-state index is 12.3. The largest absolute Gasteiger partial charge is 0.485 e. The van der Waals surface area contributed by atoms with Gasteiger partial charge in [-0.05, 0) is 24.6 Å². The molecule has 0 bridgehead atoms. The molecule has 2 heterocycles. The third kappa shape index (κ3) is 4.25. The van der Waals surface area contributed by atoms with Crippen molar-refractivity contribution in [3.05, 3.63) is 76.6 Å². The number of fused-ring (bicyclic) bond motifs is 1. The molecule has 1 N–H and O–H groups in total. The SMILES string of the molecule is Cc1nn(Cc2ccccc2)c(Cl)c1/C=N/NC(=O)C1COc2ccccc2O1. The zero-order chi connectivity index (χ0) is 20.2. The van der Waals surface area contributed by atoms with Crippen molar-refractivity contribution in [2.24, 2.45) is 5.10 Å². The first-order valence-corrected chi connectivity index (χ1v) is 9.48. The van der Waals surface area contributed by atoms with Gasteiger partial charge in [0.15, 0.2) is 11.5 Å². The van der Waals surface area contributed by atoms with Gasteiger partial charge in [0.2, 0.25) is 6.10 Å². The molecule has 3 aromatic rings. The molecule has 0 radical (unpaired) electrons. The van der Waals surface area contributed by atoms with Crippen molar-refractivity contribution in [1.29, 1.82) is 0 Å². The van der Waals surface area contributed by atoms with Crippen LogP contribution in [0.5, 0.6) is 11.5 Å². The number of aromatic nitrogens is 2. The molecule has 8 heteroatoms. The zero-order valence-corrected chi connectivity index (χ0v) is 16.5. The lowest BCUT2D eigenvalue weighted by Gasteiger charge is -2.24. The van der Waals surface area contributed by atoms with Crippen molar-refractivity contribution >= 4 is 23.7 Å². The highest BCUT2D eigenvalue weighted by molar-refractivity contribution is 6.32. The van der Waals surface area contributed by atoms with Gasteiger partial charge in [-0.2, -0.15) is 10.2 Å². The summed E-state index contributed by atoms with van der Waals surface area (Å²) >= 11 is 6.45. The second-order valence-electron chi connectivity index (χ2n) is 6.53. The predicted octanol–water partition coefficient (Wildman–Crippen LogP) is 3.18. The topological polar surface area (TPSA) is 77.7 Å². The van der Waals surface area contributed by atoms with Gasteiger partial charge in [-0.3, -0.25) is 4.79 Å². The van der Waals surface area contributed by atoms with E-state index in [1.807, 2.05) is 49.4 Å². The molecule has 1 aliphatic rings. The van der Waals surface area contributed by atoms with E-state index in [-0.39, 0.29) is 6.61 Å². The molecule has 1 aliphatic heterocycles. The number of hydrogen-bond donors (Lipinski definition) is 1. The van der Waals surface area contributed by atoms with Crippen LogP contribution in [0.4, 0.5) is 0 Å². The smallest absolute Gasteiger partial charge is 0.284 e. The van der Waals surface area contributed by atoms with E-state index < -0.39 is 12.0 Å². The molecular weight excluding hydrogens is 392 g/mol. The standard InChI is InChI=1S/C21H19ClN4O3/c1-14-16(20(22)26(25-14)12-15-7-3-2-4-8-15)11-23-24-21(27)19-13-28-17-9-5-6-10-18(17)29-19/h2-11,19H,12-13H2,1H3,(H,24,27)/b23-11+. The van der Waals surface area contributed by atoms with E-state index >= 15 is 0 Å². The highest BCUT2D eigenvalue weighted by Crippen LogP contribution is 2.30. The van der Waals surface area contributed by atoms with E-state index in [9.17, 15) is 4.79 Å². The summed E-state index contributed by atoms with van der Waals surface area (Å²) < 4.78 is 12.9. The number of nitrogens with one attached hydrogen (secondary N) is 1. The van der Waals surface area contributed by atoms with Crippen LogP contribution in [-0.2, 0) is 11.3 Å². The number of hydrazone groups is 1. The van der Waals surface area contributed by atoms with Crippen LogP contribution >= 0.6 is 11.6 Å². The molecule has 0 spiro atoms. The summed E-state index contributed by atoms with van der Waals surface area (Å²) in [6, 6.07) is 17.1. The minimum atomic E-state index is -0.778. The molecule has 0 saturated heterocycles. The number of rotatable bonds is 5. The van der Waals surface area contributed by atoms with Gasteiger partial charge in [0, 0.05) is 0 Å².